The van der Waals surface area contributed by atoms with Gasteiger partial charge in [-0.25, -0.2) is 9.37 Å². The van der Waals surface area contributed by atoms with Crippen molar-refractivity contribution < 1.29 is 4.39 Å². The first-order valence-electron chi connectivity index (χ1n) is 8.93. The van der Waals surface area contributed by atoms with E-state index in [1.807, 2.05) is 42.5 Å². The molecule has 5 rings (SSSR count). The number of para-hydroxylation sites is 2. The fourth-order valence-corrected chi connectivity index (χ4v) is 4.02. The molecule has 0 radical (unpaired) electrons. The summed E-state index contributed by atoms with van der Waals surface area (Å²) in [7, 11) is 0. The summed E-state index contributed by atoms with van der Waals surface area (Å²) in [5.41, 5.74) is 4.28. The Hall–Kier alpha value is -2.85. The summed E-state index contributed by atoms with van der Waals surface area (Å²) in [5, 5.41) is 4.26. The third-order valence-electron chi connectivity index (χ3n) is 5.20. The van der Waals surface area contributed by atoms with E-state index in [1.54, 1.807) is 0 Å². The minimum Gasteiger partial charge on any atom is -0.349 e. The van der Waals surface area contributed by atoms with E-state index in [4.69, 9.17) is 16.6 Å². The molecular weight excluding hydrogens is 361 g/mol. The third kappa shape index (κ3) is 2.86. The molecule has 134 valence electrons. The lowest BCUT2D eigenvalue weighted by Gasteiger charge is -2.33. The number of fused-ring (bicyclic) bond motifs is 3. The number of hydrogen-bond donors (Lipinski definition) is 1. The fraction of sp³-hybridized carbons (Fsp3) is 0.136. The molecule has 1 aromatic heterocycles. The van der Waals surface area contributed by atoms with E-state index in [0.717, 1.165) is 34.0 Å². The van der Waals surface area contributed by atoms with Crippen LogP contribution in [-0.2, 0) is 0 Å². The van der Waals surface area contributed by atoms with Gasteiger partial charge in [0, 0.05) is 5.02 Å². The molecule has 0 saturated heterocycles. The van der Waals surface area contributed by atoms with Gasteiger partial charge in [0.25, 0.3) is 0 Å². The Labute approximate surface area is 161 Å². The van der Waals surface area contributed by atoms with Crippen molar-refractivity contribution in [3.63, 3.8) is 0 Å². The SMILES string of the molecule is Fc1ccc([C@@H]2C[C@@H](c3ccc(Cl)cc3)n3c(nc4ccccc43)N2)cc1. The summed E-state index contributed by atoms with van der Waals surface area (Å²) in [5.74, 6) is 0.604. The van der Waals surface area contributed by atoms with Gasteiger partial charge in [-0.05, 0) is 53.9 Å². The third-order valence-corrected chi connectivity index (χ3v) is 5.45. The van der Waals surface area contributed by atoms with Crippen LogP contribution in [0.15, 0.2) is 72.8 Å². The van der Waals surface area contributed by atoms with Crippen LogP contribution in [-0.4, -0.2) is 9.55 Å². The van der Waals surface area contributed by atoms with Gasteiger partial charge < -0.3 is 9.88 Å². The minimum atomic E-state index is -0.226. The maximum absolute atomic E-state index is 13.4. The first kappa shape index (κ1) is 16.3. The van der Waals surface area contributed by atoms with Crippen LogP contribution in [0.2, 0.25) is 5.02 Å². The average Bonchev–Trinajstić information content (AvgIpc) is 3.07. The number of rotatable bonds is 2. The molecule has 5 heteroatoms. The molecule has 0 bridgehead atoms. The predicted octanol–water partition coefficient (Wildman–Crippen LogP) is 5.98. The van der Waals surface area contributed by atoms with E-state index in [2.05, 4.69) is 28.1 Å². The molecule has 3 nitrogen and oxygen atoms in total. The average molecular weight is 378 g/mol. The highest BCUT2D eigenvalue weighted by atomic mass is 35.5. The van der Waals surface area contributed by atoms with Crippen molar-refractivity contribution >= 4 is 28.6 Å². The molecular formula is C22H17ClFN3. The largest absolute Gasteiger partial charge is 0.349 e. The van der Waals surface area contributed by atoms with Crippen LogP contribution in [0.3, 0.4) is 0 Å². The quantitative estimate of drug-likeness (QED) is 0.466. The molecule has 0 saturated carbocycles. The summed E-state index contributed by atoms with van der Waals surface area (Å²) < 4.78 is 15.6. The van der Waals surface area contributed by atoms with E-state index in [0.29, 0.717) is 0 Å². The zero-order chi connectivity index (χ0) is 18.4. The van der Waals surface area contributed by atoms with Gasteiger partial charge in [0.2, 0.25) is 5.95 Å². The number of anilines is 1. The Morgan fingerprint density at radius 1 is 0.926 bits per heavy atom. The summed E-state index contributed by atoms with van der Waals surface area (Å²) >= 11 is 6.10. The number of halogens is 2. The number of imidazole rings is 1. The van der Waals surface area contributed by atoms with E-state index < -0.39 is 0 Å². The molecule has 2 atom stereocenters. The van der Waals surface area contributed by atoms with Gasteiger partial charge >= 0.3 is 0 Å². The van der Waals surface area contributed by atoms with Crippen molar-refractivity contribution in [1.82, 2.24) is 9.55 Å². The zero-order valence-electron chi connectivity index (χ0n) is 14.4. The maximum Gasteiger partial charge on any atom is 0.204 e. The van der Waals surface area contributed by atoms with E-state index in [9.17, 15) is 4.39 Å². The van der Waals surface area contributed by atoms with Crippen LogP contribution in [0.1, 0.15) is 29.6 Å². The topological polar surface area (TPSA) is 29.9 Å². The second-order valence-electron chi connectivity index (χ2n) is 6.85. The summed E-state index contributed by atoms with van der Waals surface area (Å²) in [6.45, 7) is 0. The monoisotopic (exact) mass is 377 g/mol. The summed E-state index contributed by atoms with van der Waals surface area (Å²) in [6, 6.07) is 23.0. The minimum absolute atomic E-state index is 0.0515. The lowest BCUT2D eigenvalue weighted by Crippen LogP contribution is -2.27. The number of hydrogen-bond acceptors (Lipinski definition) is 2. The second-order valence-corrected chi connectivity index (χ2v) is 7.28. The van der Waals surface area contributed by atoms with Gasteiger partial charge in [0.15, 0.2) is 0 Å². The van der Waals surface area contributed by atoms with Gasteiger partial charge in [-0.2, -0.15) is 0 Å². The van der Waals surface area contributed by atoms with E-state index in [-0.39, 0.29) is 17.9 Å². The van der Waals surface area contributed by atoms with Crippen LogP contribution < -0.4 is 5.32 Å². The van der Waals surface area contributed by atoms with Crippen molar-refractivity contribution in [2.45, 2.75) is 18.5 Å². The Morgan fingerprint density at radius 3 is 2.41 bits per heavy atom. The smallest absolute Gasteiger partial charge is 0.204 e. The van der Waals surface area contributed by atoms with Gasteiger partial charge in [0.1, 0.15) is 5.82 Å². The number of aromatic nitrogens is 2. The highest BCUT2D eigenvalue weighted by Gasteiger charge is 2.30. The molecule has 0 aliphatic carbocycles. The number of nitrogens with zero attached hydrogens (tertiary/aromatic N) is 2. The molecule has 1 aliphatic rings. The first-order valence-corrected chi connectivity index (χ1v) is 9.31. The van der Waals surface area contributed by atoms with Crippen molar-refractivity contribution in [2.75, 3.05) is 5.32 Å². The van der Waals surface area contributed by atoms with E-state index in [1.165, 1.54) is 17.7 Å². The van der Waals surface area contributed by atoms with Crippen LogP contribution in [0, 0.1) is 5.82 Å². The lowest BCUT2D eigenvalue weighted by molar-refractivity contribution is 0.477. The van der Waals surface area contributed by atoms with E-state index >= 15 is 0 Å². The Morgan fingerprint density at radius 2 is 1.63 bits per heavy atom. The molecule has 27 heavy (non-hydrogen) atoms. The molecule has 1 N–H and O–H groups in total. The van der Waals surface area contributed by atoms with Gasteiger partial charge in [-0.1, -0.05) is 48.0 Å². The maximum atomic E-state index is 13.4. The highest BCUT2D eigenvalue weighted by Crippen LogP contribution is 2.41. The Kier molecular flexibility index (Phi) is 3.87. The molecule has 0 spiro atoms. The molecule has 0 unspecified atom stereocenters. The number of benzene rings is 3. The molecule has 4 aromatic rings. The van der Waals surface area contributed by atoms with Gasteiger partial charge in [-0.15, -0.1) is 0 Å². The zero-order valence-corrected chi connectivity index (χ0v) is 15.2. The normalized spacial score (nSPS) is 18.9. The van der Waals surface area contributed by atoms with Crippen LogP contribution in [0.4, 0.5) is 10.3 Å². The van der Waals surface area contributed by atoms with Crippen molar-refractivity contribution in [1.29, 1.82) is 0 Å². The van der Waals surface area contributed by atoms with Gasteiger partial charge in [0.05, 0.1) is 23.1 Å². The first-order chi connectivity index (χ1) is 13.2. The standard InChI is InChI=1S/C22H17ClFN3/c23-16-9-5-15(6-10-16)21-13-19(14-7-11-17(24)12-8-14)26-22-25-18-3-1-2-4-20(18)27(21)22/h1-12,19,21H,13H2,(H,25,26)/t19-,21-/m0/s1. The van der Waals surface area contributed by atoms with Crippen molar-refractivity contribution in [3.8, 4) is 0 Å². The Balaban J connectivity index is 1.65. The highest BCUT2D eigenvalue weighted by molar-refractivity contribution is 6.30. The molecule has 2 heterocycles. The summed E-state index contributed by atoms with van der Waals surface area (Å²) in [4.78, 5) is 4.79. The van der Waals surface area contributed by atoms with Crippen LogP contribution in [0.25, 0.3) is 11.0 Å². The van der Waals surface area contributed by atoms with Gasteiger partial charge in [-0.3, -0.25) is 0 Å². The fourth-order valence-electron chi connectivity index (χ4n) is 3.89. The van der Waals surface area contributed by atoms with Crippen molar-refractivity contribution in [3.05, 3.63) is 94.8 Å². The predicted molar refractivity (Wildman–Crippen MR) is 107 cm³/mol. The second kappa shape index (κ2) is 6.39. The summed E-state index contributed by atoms with van der Waals surface area (Å²) in [6.07, 6.45) is 0.834. The molecule has 0 fully saturated rings. The van der Waals surface area contributed by atoms with Crippen LogP contribution in [0.5, 0.6) is 0 Å². The molecule has 0 amide bonds. The number of nitrogens with one attached hydrogen (secondary N) is 1. The Bertz CT molecular complexity index is 1100. The molecule has 1 aliphatic heterocycles. The molecule has 3 aromatic carbocycles. The lowest BCUT2D eigenvalue weighted by atomic mass is 9.93. The van der Waals surface area contributed by atoms with Crippen LogP contribution >= 0.6 is 11.6 Å². The van der Waals surface area contributed by atoms with Crippen molar-refractivity contribution in [2.24, 2.45) is 0 Å².